The molecule has 1 unspecified atom stereocenters. The minimum absolute atomic E-state index is 0.207. The molecule has 5 nitrogen and oxygen atoms in total. The Labute approximate surface area is 52.8 Å². The van der Waals surface area contributed by atoms with Crippen molar-refractivity contribution >= 4 is 12.3 Å². The number of guanidine groups is 1. The fourth-order valence-corrected chi connectivity index (χ4v) is 0.528. The SMILES string of the molecule is CC1(N)N=C(N)N=CN1. The van der Waals surface area contributed by atoms with E-state index in [0.717, 1.165) is 0 Å². The number of aliphatic imine (C=N–C) groups is 2. The number of hydrogen-bond donors (Lipinski definition) is 3. The largest absolute Gasteiger partial charge is 0.368 e. The van der Waals surface area contributed by atoms with Gasteiger partial charge in [-0.05, 0) is 6.92 Å². The number of rotatable bonds is 0. The lowest BCUT2D eigenvalue weighted by molar-refractivity contribution is 0.457. The van der Waals surface area contributed by atoms with Gasteiger partial charge in [-0.15, -0.1) is 0 Å². The first-order valence-corrected chi connectivity index (χ1v) is 2.55. The van der Waals surface area contributed by atoms with Gasteiger partial charge in [-0.2, -0.15) is 0 Å². The van der Waals surface area contributed by atoms with Crippen molar-refractivity contribution in [1.29, 1.82) is 0 Å². The molecule has 1 aliphatic rings. The monoisotopic (exact) mass is 127 g/mol. The van der Waals surface area contributed by atoms with Crippen LogP contribution in [-0.2, 0) is 0 Å². The van der Waals surface area contributed by atoms with Crippen LogP contribution in [0, 0.1) is 0 Å². The summed E-state index contributed by atoms with van der Waals surface area (Å²) >= 11 is 0. The standard InChI is InChI=1S/C4H9N5/c1-4(6)8-2-7-3(5)9-4/h2H,6H2,1H3,(H3,5,7,8,9). The molecule has 5 heteroatoms. The zero-order valence-electron chi connectivity index (χ0n) is 5.13. The maximum absolute atomic E-state index is 5.50. The van der Waals surface area contributed by atoms with E-state index in [1.807, 2.05) is 0 Å². The van der Waals surface area contributed by atoms with Gasteiger partial charge in [-0.1, -0.05) is 0 Å². The second kappa shape index (κ2) is 1.70. The molecule has 0 saturated heterocycles. The van der Waals surface area contributed by atoms with Crippen LogP contribution in [0.2, 0.25) is 0 Å². The third kappa shape index (κ3) is 1.39. The van der Waals surface area contributed by atoms with Crippen LogP contribution in [0.5, 0.6) is 0 Å². The van der Waals surface area contributed by atoms with Crippen molar-refractivity contribution in [3.63, 3.8) is 0 Å². The zero-order valence-corrected chi connectivity index (χ0v) is 5.13. The predicted octanol–water partition coefficient (Wildman–Crippen LogP) is -1.43. The summed E-state index contributed by atoms with van der Waals surface area (Å²) in [5.74, 6) is -0.579. The van der Waals surface area contributed by atoms with Gasteiger partial charge in [-0.25, -0.2) is 9.98 Å². The summed E-state index contributed by atoms with van der Waals surface area (Å²) in [5.41, 5.74) is 10.7. The molecule has 50 valence electrons. The molecule has 0 radical (unpaired) electrons. The van der Waals surface area contributed by atoms with Crippen molar-refractivity contribution in [3.8, 4) is 0 Å². The Morgan fingerprint density at radius 1 is 1.78 bits per heavy atom. The second-order valence-electron chi connectivity index (χ2n) is 2.02. The van der Waals surface area contributed by atoms with Gasteiger partial charge in [0.2, 0.25) is 5.96 Å². The molecule has 0 spiro atoms. The fraction of sp³-hybridized carbons (Fsp3) is 0.500. The molecule has 0 aromatic rings. The third-order valence-corrected chi connectivity index (χ3v) is 0.900. The van der Waals surface area contributed by atoms with E-state index in [-0.39, 0.29) is 5.96 Å². The molecular weight excluding hydrogens is 118 g/mol. The van der Waals surface area contributed by atoms with Crippen molar-refractivity contribution in [2.24, 2.45) is 21.5 Å². The van der Waals surface area contributed by atoms with Crippen LogP contribution >= 0.6 is 0 Å². The van der Waals surface area contributed by atoms with Crippen molar-refractivity contribution < 1.29 is 0 Å². The van der Waals surface area contributed by atoms with Gasteiger partial charge in [-0.3, -0.25) is 5.73 Å². The van der Waals surface area contributed by atoms with Crippen molar-refractivity contribution in [2.45, 2.75) is 12.7 Å². The summed E-state index contributed by atoms with van der Waals surface area (Å²) in [7, 11) is 0. The van der Waals surface area contributed by atoms with E-state index in [9.17, 15) is 0 Å². The van der Waals surface area contributed by atoms with E-state index in [1.165, 1.54) is 6.34 Å². The van der Waals surface area contributed by atoms with Crippen LogP contribution in [0.1, 0.15) is 6.92 Å². The van der Waals surface area contributed by atoms with Gasteiger partial charge in [0.05, 0.1) is 6.34 Å². The molecule has 1 heterocycles. The molecule has 0 aromatic heterocycles. The minimum atomic E-state index is -0.786. The normalized spacial score (nSPS) is 33.3. The number of nitrogens with two attached hydrogens (primary N) is 2. The molecule has 0 bridgehead atoms. The van der Waals surface area contributed by atoms with Gasteiger partial charge in [0.25, 0.3) is 0 Å². The van der Waals surface area contributed by atoms with E-state index < -0.39 is 5.79 Å². The number of nitrogens with one attached hydrogen (secondary N) is 1. The topological polar surface area (TPSA) is 88.8 Å². The zero-order chi connectivity index (χ0) is 6.91. The first kappa shape index (κ1) is 6.03. The average Bonchev–Trinajstić information content (AvgIpc) is 1.60. The van der Waals surface area contributed by atoms with Gasteiger partial charge in [0.15, 0.2) is 5.79 Å². The third-order valence-electron chi connectivity index (χ3n) is 0.900. The van der Waals surface area contributed by atoms with E-state index >= 15 is 0 Å². The fourth-order valence-electron chi connectivity index (χ4n) is 0.528. The molecule has 0 aromatic carbocycles. The highest BCUT2D eigenvalue weighted by atomic mass is 15.3. The Kier molecular flexibility index (Phi) is 1.14. The molecular formula is C4H9N5. The maximum Gasteiger partial charge on any atom is 0.220 e. The van der Waals surface area contributed by atoms with Gasteiger partial charge < -0.3 is 11.1 Å². The van der Waals surface area contributed by atoms with Crippen LogP contribution in [0.15, 0.2) is 9.98 Å². The first-order chi connectivity index (χ1) is 4.10. The van der Waals surface area contributed by atoms with E-state index in [4.69, 9.17) is 11.5 Å². The summed E-state index contributed by atoms with van der Waals surface area (Å²) in [5, 5.41) is 2.71. The highest BCUT2D eigenvalue weighted by Gasteiger charge is 2.16. The van der Waals surface area contributed by atoms with Gasteiger partial charge in [0.1, 0.15) is 0 Å². The number of nitrogens with zero attached hydrogens (tertiary/aromatic N) is 2. The molecule has 0 amide bonds. The lowest BCUT2D eigenvalue weighted by atomic mass is 10.4. The summed E-state index contributed by atoms with van der Waals surface area (Å²) in [6.07, 6.45) is 1.43. The molecule has 1 aliphatic heterocycles. The van der Waals surface area contributed by atoms with Gasteiger partial charge >= 0.3 is 0 Å². The van der Waals surface area contributed by atoms with Crippen LogP contribution in [-0.4, -0.2) is 18.1 Å². The minimum Gasteiger partial charge on any atom is -0.368 e. The molecule has 9 heavy (non-hydrogen) atoms. The Morgan fingerprint density at radius 3 is 2.78 bits per heavy atom. The molecule has 0 fully saturated rings. The Morgan fingerprint density at radius 2 is 2.44 bits per heavy atom. The highest BCUT2D eigenvalue weighted by molar-refractivity contribution is 5.87. The Bertz CT molecular complexity index is 168. The molecule has 0 aliphatic carbocycles. The van der Waals surface area contributed by atoms with Crippen molar-refractivity contribution in [3.05, 3.63) is 0 Å². The van der Waals surface area contributed by atoms with Gasteiger partial charge in [0, 0.05) is 0 Å². The predicted molar refractivity (Wildman–Crippen MR) is 35.8 cm³/mol. The first-order valence-electron chi connectivity index (χ1n) is 2.55. The second-order valence-corrected chi connectivity index (χ2v) is 2.02. The smallest absolute Gasteiger partial charge is 0.220 e. The van der Waals surface area contributed by atoms with Crippen molar-refractivity contribution in [2.75, 3.05) is 0 Å². The molecule has 1 atom stereocenters. The lowest BCUT2D eigenvalue weighted by Gasteiger charge is -2.21. The molecule has 5 N–H and O–H groups in total. The lowest BCUT2D eigenvalue weighted by Crippen LogP contribution is -2.51. The van der Waals surface area contributed by atoms with E-state index in [0.29, 0.717) is 0 Å². The van der Waals surface area contributed by atoms with Crippen LogP contribution in [0.25, 0.3) is 0 Å². The summed E-state index contributed by atoms with van der Waals surface area (Å²) in [6.45, 7) is 1.70. The summed E-state index contributed by atoms with van der Waals surface area (Å²) in [6, 6.07) is 0. The van der Waals surface area contributed by atoms with E-state index in [1.54, 1.807) is 6.92 Å². The Hall–Kier alpha value is -1.10. The van der Waals surface area contributed by atoms with Crippen LogP contribution < -0.4 is 16.8 Å². The quantitative estimate of drug-likeness (QED) is 0.372. The van der Waals surface area contributed by atoms with Crippen LogP contribution in [0.3, 0.4) is 0 Å². The molecule has 1 rings (SSSR count). The van der Waals surface area contributed by atoms with Crippen molar-refractivity contribution in [1.82, 2.24) is 5.32 Å². The summed E-state index contributed by atoms with van der Waals surface area (Å²) < 4.78 is 0. The summed E-state index contributed by atoms with van der Waals surface area (Å²) in [4.78, 5) is 7.41. The highest BCUT2D eigenvalue weighted by Crippen LogP contribution is 1.96. The van der Waals surface area contributed by atoms with Crippen LogP contribution in [0.4, 0.5) is 0 Å². The Balaban J connectivity index is 2.78. The maximum atomic E-state index is 5.50. The van der Waals surface area contributed by atoms with E-state index in [2.05, 4.69) is 15.3 Å². The number of hydrogen-bond acceptors (Lipinski definition) is 5. The molecule has 0 saturated carbocycles. The average molecular weight is 127 g/mol.